The number of anilines is 2. The Morgan fingerprint density at radius 3 is 2.40 bits per heavy atom. The van der Waals surface area contributed by atoms with Crippen LogP contribution in [0.4, 0.5) is 11.4 Å². The molecule has 1 heterocycles. The average molecular weight is 360 g/mol. The molecule has 7 heteroatoms. The molecular formula is C18H20N2O4S. The molecule has 2 N–H and O–H groups in total. The van der Waals surface area contributed by atoms with Crippen LogP contribution in [0.15, 0.2) is 47.4 Å². The van der Waals surface area contributed by atoms with Crippen LogP contribution in [0.5, 0.6) is 5.75 Å². The molecule has 1 amide bonds. The third-order valence-electron chi connectivity index (χ3n) is 4.22. The number of methoxy groups -OCH3 is 1. The van der Waals surface area contributed by atoms with E-state index in [2.05, 4.69) is 10.0 Å². The second-order valence-electron chi connectivity index (χ2n) is 6.29. The first-order valence-electron chi connectivity index (χ1n) is 7.93. The lowest BCUT2D eigenvalue weighted by molar-refractivity contribution is -0.117. The van der Waals surface area contributed by atoms with E-state index in [1.807, 2.05) is 13.8 Å². The molecule has 2 aromatic rings. The third kappa shape index (κ3) is 3.32. The summed E-state index contributed by atoms with van der Waals surface area (Å²) in [5, 5.41) is 2.80. The van der Waals surface area contributed by atoms with Gasteiger partial charge in [-0.25, -0.2) is 8.42 Å². The number of hydrogen-bond acceptors (Lipinski definition) is 4. The summed E-state index contributed by atoms with van der Waals surface area (Å²) in [5.74, 6) is 0.285. The van der Waals surface area contributed by atoms with Crippen molar-refractivity contribution < 1.29 is 17.9 Å². The van der Waals surface area contributed by atoms with Crippen LogP contribution in [0, 0.1) is 5.92 Å². The van der Waals surface area contributed by atoms with Gasteiger partial charge in [-0.3, -0.25) is 9.52 Å². The van der Waals surface area contributed by atoms with E-state index in [1.54, 1.807) is 43.5 Å². The lowest BCUT2D eigenvalue weighted by Gasteiger charge is -2.14. The molecule has 0 radical (unpaired) electrons. The van der Waals surface area contributed by atoms with Crippen LogP contribution in [0.1, 0.15) is 25.3 Å². The minimum absolute atomic E-state index is 0.0775. The second kappa shape index (κ2) is 6.40. The molecule has 0 unspecified atom stereocenters. The van der Waals surface area contributed by atoms with Gasteiger partial charge in [0, 0.05) is 11.4 Å². The Balaban J connectivity index is 1.92. The highest BCUT2D eigenvalue weighted by molar-refractivity contribution is 7.92. The van der Waals surface area contributed by atoms with Crippen molar-refractivity contribution in [3.05, 3.63) is 48.0 Å². The minimum Gasteiger partial charge on any atom is -0.497 e. The predicted octanol–water partition coefficient (Wildman–Crippen LogP) is 3.19. The number of hydrogen-bond donors (Lipinski definition) is 2. The monoisotopic (exact) mass is 360 g/mol. The summed E-state index contributed by atoms with van der Waals surface area (Å²) in [4.78, 5) is 12.2. The molecule has 0 spiro atoms. The van der Waals surface area contributed by atoms with Gasteiger partial charge < -0.3 is 10.1 Å². The molecule has 0 saturated heterocycles. The predicted molar refractivity (Wildman–Crippen MR) is 96.5 cm³/mol. The van der Waals surface area contributed by atoms with E-state index in [0.29, 0.717) is 17.1 Å². The first-order chi connectivity index (χ1) is 11.8. The van der Waals surface area contributed by atoms with E-state index in [4.69, 9.17) is 4.74 Å². The van der Waals surface area contributed by atoms with Gasteiger partial charge in [0.25, 0.3) is 10.0 Å². The molecule has 1 atom stereocenters. The summed E-state index contributed by atoms with van der Waals surface area (Å²) in [7, 11) is -2.21. The van der Waals surface area contributed by atoms with Crippen LogP contribution in [0.3, 0.4) is 0 Å². The lowest BCUT2D eigenvalue weighted by Crippen LogP contribution is -2.17. The van der Waals surface area contributed by atoms with Crippen LogP contribution in [-0.2, 0) is 14.8 Å². The van der Waals surface area contributed by atoms with Crippen molar-refractivity contribution in [3.8, 4) is 5.75 Å². The van der Waals surface area contributed by atoms with Crippen molar-refractivity contribution in [2.24, 2.45) is 5.92 Å². The summed E-state index contributed by atoms with van der Waals surface area (Å²) in [6.45, 7) is 3.88. The second-order valence-corrected chi connectivity index (χ2v) is 7.98. The van der Waals surface area contributed by atoms with Crippen LogP contribution in [0.2, 0.25) is 0 Å². The molecule has 6 nitrogen and oxygen atoms in total. The topological polar surface area (TPSA) is 84.5 Å². The third-order valence-corrected chi connectivity index (χ3v) is 5.60. The van der Waals surface area contributed by atoms with Crippen LogP contribution in [0.25, 0.3) is 0 Å². The maximum Gasteiger partial charge on any atom is 0.261 e. The van der Waals surface area contributed by atoms with Gasteiger partial charge in [-0.05, 0) is 53.9 Å². The molecular weight excluding hydrogens is 340 g/mol. The standard InChI is InChI=1S/C18H20N2O4S/c1-11(2)17-15-10-14(8-9-16(15)19-18(17)21)25(22,23)20-12-4-6-13(24-3)7-5-12/h4-11,17,20H,1-3H3,(H,19,21)/t17-/m1/s1. The molecule has 1 aliphatic rings. The highest BCUT2D eigenvalue weighted by Crippen LogP contribution is 2.38. The molecule has 0 fully saturated rings. The Hall–Kier alpha value is -2.54. The Bertz CT molecular complexity index is 905. The zero-order valence-electron chi connectivity index (χ0n) is 14.2. The quantitative estimate of drug-likeness (QED) is 0.858. The number of rotatable bonds is 5. The van der Waals surface area contributed by atoms with Crippen LogP contribution >= 0.6 is 0 Å². The van der Waals surface area contributed by atoms with Crippen molar-refractivity contribution in [1.29, 1.82) is 0 Å². The summed E-state index contributed by atoms with van der Waals surface area (Å²) in [6.07, 6.45) is 0. The smallest absolute Gasteiger partial charge is 0.261 e. The number of ether oxygens (including phenoxy) is 1. The van der Waals surface area contributed by atoms with Gasteiger partial charge in [0.05, 0.1) is 17.9 Å². The fourth-order valence-corrected chi connectivity index (χ4v) is 4.06. The van der Waals surface area contributed by atoms with Gasteiger partial charge in [0.1, 0.15) is 5.75 Å². The maximum absolute atomic E-state index is 12.7. The summed E-state index contributed by atoms with van der Waals surface area (Å²) >= 11 is 0. The summed E-state index contributed by atoms with van der Waals surface area (Å²) < 4.78 is 32.9. The Kier molecular flexibility index (Phi) is 4.43. The van der Waals surface area contributed by atoms with Crippen molar-refractivity contribution in [3.63, 3.8) is 0 Å². The number of benzene rings is 2. The molecule has 1 aliphatic heterocycles. The normalized spacial score (nSPS) is 16.5. The SMILES string of the molecule is COc1ccc(NS(=O)(=O)c2ccc3c(c2)[C@@H](C(C)C)C(=O)N3)cc1. The highest BCUT2D eigenvalue weighted by atomic mass is 32.2. The van der Waals surface area contributed by atoms with E-state index < -0.39 is 10.0 Å². The number of carbonyl (C=O) groups excluding carboxylic acids is 1. The Morgan fingerprint density at radius 1 is 1.12 bits per heavy atom. The summed E-state index contributed by atoms with van der Waals surface area (Å²) in [5.41, 5.74) is 1.83. The van der Waals surface area contributed by atoms with E-state index in [9.17, 15) is 13.2 Å². The van der Waals surface area contributed by atoms with E-state index in [0.717, 1.165) is 5.56 Å². The van der Waals surface area contributed by atoms with Crippen molar-refractivity contribution in [2.45, 2.75) is 24.7 Å². The van der Waals surface area contributed by atoms with E-state index in [1.165, 1.54) is 6.07 Å². The molecule has 3 rings (SSSR count). The van der Waals surface area contributed by atoms with Gasteiger partial charge >= 0.3 is 0 Å². The van der Waals surface area contributed by atoms with Gasteiger partial charge in [0.15, 0.2) is 0 Å². The van der Waals surface area contributed by atoms with Gasteiger partial charge in [-0.15, -0.1) is 0 Å². The molecule has 0 aliphatic carbocycles. The summed E-state index contributed by atoms with van der Waals surface area (Å²) in [6, 6.07) is 11.3. The molecule has 132 valence electrons. The van der Waals surface area contributed by atoms with Crippen LogP contribution < -0.4 is 14.8 Å². The van der Waals surface area contributed by atoms with Crippen molar-refractivity contribution >= 4 is 27.3 Å². The number of carbonyl (C=O) groups is 1. The fraction of sp³-hybridized carbons (Fsp3) is 0.278. The van der Waals surface area contributed by atoms with Gasteiger partial charge in [-0.2, -0.15) is 0 Å². The zero-order valence-corrected chi connectivity index (χ0v) is 15.1. The van der Waals surface area contributed by atoms with E-state index in [-0.39, 0.29) is 22.6 Å². The number of nitrogens with one attached hydrogen (secondary N) is 2. The highest BCUT2D eigenvalue weighted by Gasteiger charge is 2.34. The lowest BCUT2D eigenvalue weighted by atomic mass is 9.90. The molecule has 0 bridgehead atoms. The van der Waals surface area contributed by atoms with Crippen LogP contribution in [-0.4, -0.2) is 21.4 Å². The number of fused-ring (bicyclic) bond motifs is 1. The number of amides is 1. The largest absolute Gasteiger partial charge is 0.497 e. The maximum atomic E-state index is 12.7. The van der Waals surface area contributed by atoms with Gasteiger partial charge in [0.2, 0.25) is 5.91 Å². The molecule has 0 saturated carbocycles. The van der Waals surface area contributed by atoms with E-state index >= 15 is 0 Å². The molecule has 25 heavy (non-hydrogen) atoms. The van der Waals surface area contributed by atoms with Gasteiger partial charge in [-0.1, -0.05) is 13.8 Å². The Labute approximate surface area is 147 Å². The average Bonchev–Trinajstić information content (AvgIpc) is 2.90. The van der Waals surface area contributed by atoms with Crippen molar-refractivity contribution in [2.75, 3.05) is 17.1 Å². The molecule has 0 aromatic heterocycles. The van der Waals surface area contributed by atoms with Crippen molar-refractivity contribution in [1.82, 2.24) is 0 Å². The first kappa shape index (κ1) is 17.3. The first-order valence-corrected chi connectivity index (χ1v) is 9.42. The number of sulfonamides is 1. The Morgan fingerprint density at radius 2 is 1.80 bits per heavy atom. The fourth-order valence-electron chi connectivity index (χ4n) is 2.97. The molecule has 2 aromatic carbocycles. The zero-order chi connectivity index (χ0) is 18.2. The minimum atomic E-state index is -3.75.